The molecule has 1 N–H and O–H groups in total. The van der Waals surface area contributed by atoms with E-state index in [4.69, 9.17) is 11.6 Å². The van der Waals surface area contributed by atoms with Crippen molar-refractivity contribution in [3.63, 3.8) is 0 Å². The van der Waals surface area contributed by atoms with Crippen molar-refractivity contribution in [1.29, 1.82) is 0 Å². The summed E-state index contributed by atoms with van der Waals surface area (Å²) in [6.45, 7) is 5.42. The minimum Gasteiger partial charge on any atom is -0.360 e. The predicted molar refractivity (Wildman–Crippen MR) is 89.1 cm³/mol. The van der Waals surface area contributed by atoms with Crippen LogP contribution < -0.4 is 0 Å². The summed E-state index contributed by atoms with van der Waals surface area (Å²) in [5, 5.41) is 0. The van der Waals surface area contributed by atoms with Crippen LogP contribution >= 0.6 is 11.6 Å². The number of alkyl halides is 1. The molecule has 1 aliphatic heterocycles. The van der Waals surface area contributed by atoms with Gasteiger partial charge in [-0.2, -0.15) is 0 Å². The number of rotatable bonds is 3. The molecule has 4 nitrogen and oxygen atoms in total. The molecule has 1 saturated heterocycles. The zero-order valence-electron chi connectivity index (χ0n) is 13.1. The Balaban J connectivity index is 1.71. The maximum absolute atomic E-state index is 12.5. The summed E-state index contributed by atoms with van der Waals surface area (Å²) in [7, 11) is 0. The van der Waals surface area contributed by atoms with E-state index in [9.17, 15) is 4.79 Å². The summed E-state index contributed by atoms with van der Waals surface area (Å²) in [6, 6.07) is 3.99. The molecule has 1 amide bonds. The third-order valence-corrected chi connectivity index (χ3v) is 5.27. The number of hydrogen-bond acceptors (Lipinski definition) is 2. The molecule has 0 unspecified atom stereocenters. The van der Waals surface area contributed by atoms with Crippen LogP contribution in [0.2, 0.25) is 0 Å². The van der Waals surface area contributed by atoms with Crippen molar-refractivity contribution >= 4 is 28.5 Å². The van der Waals surface area contributed by atoms with Crippen LogP contribution in [0.3, 0.4) is 0 Å². The molecule has 2 aromatic heterocycles. The molecule has 1 aliphatic rings. The van der Waals surface area contributed by atoms with Crippen LogP contribution in [0.4, 0.5) is 0 Å². The lowest BCUT2D eigenvalue weighted by molar-refractivity contribution is -0.140. The molecule has 3 rings (SSSR count). The number of piperidine rings is 1. The highest BCUT2D eigenvalue weighted by atomic mass is 35.5. The minimum absolute atomic E-state index is 0.165. The Morgan fingerprint density at radius 1 is 1.45 bits per heavy atom. The number of hydrogen-bond donors (Lipinski definition) is 1. The Kier molecular flexibility index (Phi) is 4.13. The number of amides is 1. The van der Waals surface area contributed by atoms with Gasteiger partial charge in [0.15, 0.2) is 0 Å². The van der Waals surface area contributed by atoms with E-state index in [2.05, 4.69) is 16.2 Å². The summed E-state index contributed by atoms with van der Waals surface area (Å²) >= 11 is 5.92. The highest BCUT2D eigenvalue weighted by molar-refractivity contribution is 6.19. The second kappa shape index (κ2) is 5.92. The fourth-order valence-corrected chi connectivity index (χ4v) is 3.28. The number of fused-ring (bicyclic) bond motifs is 1. The van der Waals surface area contributed by atoms with Crippen LogP contribution in [0.1, 0.15) is 38.2 Å². The monoisotopic (exact) mass is 319 g/mol. The average molecular weight is 320 g/mol. The molecule has 5 heteroatoms. The number of carbonyl (C=O) groups is 1. The van der Waals surface area contributed by atoms with Crippen LogP contribution in [0, 0.1) is 5.41 Å². The molecule has 22 heavy (non-hydrogen) atoms. The summed E-state index contributed by atoms with van der Waals surface area (Å²) in [6.07, 6.45) is 5.87. The average Bonchev–Trinajstić information content (AvgIpc) is 2.98. The first kappa shape index (κ1) is 15.3. The van der Waals surface area contributed by atoms with Gasteiger partial charge in [0.2, 0.25) is 5.91 Å². The van der Waals surface area contributed by atoms with E-state index in [1.807, 2.05) is 37.1 Å². The number of carbonyl (C=O) groups excluding carboxylic acids is 1. The van der Waals surface area contributed by atoms with Gasteiger partial charge in [-0.05, 0) is 50.3 Å². The van der Waals surface area contributed by atoms with Crippen molar-refractivity contribution < 1.29 is 4.79 Å². The van der Waals surface area contributed by atoms with Crippen LogP contribution in [0.25, 0.3) is 11.0 Å². The largest absolute Gasteiger partial charge is 0.360 e. The molecule has 0 saturated carbocycles. The van der Waals surface area contributed by atoms with Gasteiger partial charge in [-0.15, -0.1) is 11.6 Å². The number of nitrogens with zero attached hydrogens (tertiary/aromatic N) is 2. The molecule has 0 aromatic carbocycles. The third-order valence-electron chi connectivity index (χ3n) is 4.60. The first-order chi connectivity index (χ1) is 10.5. The number of aromatic nitrogens is 2. The summed E-state index contributed by atoms with van der Waals surface area (Å²) in [5.74, 6) is 0.989. The van der Waals surface area contributed by atoms with E-state index >= 15 is 0 Å². The van der Waals surface area contributed by atoms with Crippen LogP contribution in [0.5, 0.6) is 0 Å². The maximum Gasteiger partial charge on any atom is 0.229 e. The Bertz CT molecular complexity index is 671. The lowest BCUT2D eigenvalue weighted by Crippen LogP contribution is -2.45. The molecule has 0 bridgehead atoms. The van der Waals surface area contributed by atoms with Gasteiger partial charge < -0.3 is 9.88 Å². The van der Waals surface area contributed by atoms with E-state index in [0.29, 0.717) is 11.8 Å². The predicted octanol–water partition coefficient (Wildman–Crippen LogP) is 3.53. The second-order valence-corrected chi connectivity index (χ2v) is 6.99. The van der Waals surface area contributed by atoms with Crippen molar-refractivity contribution in [3.05, 3.63) is 30.1 Å². The Hall–Kier alpha value is -1.55. The number of aromatic amines is 1. The lowest BCUT2D eigenvalue weighted by Gasteiger charge is -2.36. The molecule has 0 radical (unpaired) electrons. The Morgan fingerprint density at radius 2 is 2.18 bits per heavy atom. The highest BCUT2D eigenvalue weighted by Crippen LogP contribution is 2.33. The smallest absolute Gasteiger partial charge is 0.229 e. The molecular formula is C17H22ClN3O. The van der Waals surface area contributed by atoms with Crippen molar-refractivity contribution in [1.82, 2.24) is 14.9 Å². The normalized spacial score (nSPS) is 17.1. The van der Waals surface area contributed by atoms with Crippen LogP contribution in [0.15, 0.2) is 24.5 Å². The van der Waals surface area contributed by atoms with Gasteiger partial charge in [0.05, 0.1) is 16.4 Å². The minimum atomic E-state index is -0.475. The topological polar surface area (TPSA) is 49.0 Å². The zero-order chi connectivity index (χ0) is 15.7. The van der Waals surface area contributed by atoms with Crippen molar-refractivity contribution in [2.75, 3.05) is 19.0 Å². The Labute approximate surface area is 135 Å². The number of pyridine rings is 1. The van der Waals surface area contributed by atoms with Crippen LogP contribution in [-0.2, 0) is 4.79 Å². The molecule has 1 fully saturated rings. The lowest BCUT2D eigenvalue weighted by atomic mass is 9.88. The quantitative estimate of drug-likeness (QED) is 0.880. The molecular weight excluding hydrogens is 298 g/mol. The molecule has 2 aromatic rings. The van der Waals surface area contributed by atoms with E-state index in [-0.39, 0.29) is 5.91 Å². The van der Waals surface area contributed by atoms with Crippen LogP contribution in [-0.4, -0.2) is 39.7 Å². The van der Waals surface area contributed by atoms with Crippen molar-refractivity contribution in [3.8, 4) is 0 Å². The number of halogens is 1. The first-order valence-corrected chi connectivity index (χ1v) is 8.34. The molecule has 0 aliphatic carbocycles. The number of likely N-dealkylation sites (tertiary alicyclic amines) is 1. The fraction of sp³-hybridized carbons (Fsp3) is 0.529. The number of nitrogens with one attached hydrogen (secondary N) is 1. The number of H-pyrrole nitrogens is 1. The van der Waals surface area contributed by atoms with E-state index in [1.165, 1.54) is 5.56 Å². The first-order valence-electron chi connectivity index (χ1n) is 7.80. The molecule has 0 atom stereocenters. The SMILES string of the molecule is CC(C)(CCl)C(=O)N1CCC(c2c[nH]c3cccnc23)CC1. The highest BCUT2D eigenvalue weighted by Gasteiger charge is 2.34. The zero-order valence-corrected chi connectivity index (χ0v) is 13.9. The van der Waals surface area contributed by atoms with Gasteiger partial charge >= 0.3 is 0 Å². The molecule has 118 valence electrons. The third kappa shape index (κ3) is 2.72. The maximum atomic E-state index is 12.5. The summed E-state index contributed by atoms with van der Waals surface area (Å²) in [5.41, 5.74) is 2.95. The second-order valence-electron chi connectivity index (χ2n) is 6.73. The standard InChI is InChI=1S/C17H22ClN3O/c1-17(2,11-18)16(22)21-8-5-12(6-9-21)13-10-20-14-4-3-7-19-15(13)14/h3-4,7,10,12,20H,5-6,8-9,11H2,1-2H3. The summed E-state index contributed by atoms with van der Waals surface area (Å²) in [4.78, 5) is 22.2. The summed E-state index contributed by atoms with van der Waals surface area (Å²) < 4.78 is 0. The fourth-order valence-electron chi connectivity index (χ4n) is 3.17. The van der Waals surface area contributed by atoms with Crippen molar-refractivity contribution in [2.24, 2.45) is 5.41 Å². The van der Waals surface area contributed by atoms with E-state index in [1.54, 1.807) is 0 Å². The molecule has 0 spiro atoms. The van der Waals surface area contributed by atoms with Gasteiger partial charge in [-0.25, -0.2) is 0 Å². The van der Waals surface area contributed by atoms with E-state index in [0.717, 1.165) is 37.0 Å². The Morgan fingerprint density at radius 3 is 2.86 bits per heavy atom. The van der Waals surface area contributed by atoms with Crippen molar-refractivity contribution in [2.45, 2.75) is 32.6 Å². The van der Waals surface area contributed by atoms with Gasteiger partial charge in [0.25, 0.3) is 0 Å². The van der Waals surface area contributed by atoms with Gasteiger partial charge in [-0.1, -0.05) is 0 Å². The van der Waals surface area contributed by atoms with Gasteiger partial charge in [-0.3, -0.25) is 9.78 Å². The van der Waals surface area contributed by atoms with E-state index < -0.39 is 5.41 Å². The van der Waals surface area contributed by atoms with Gasteiger partial charge in [0, 0.05) is 31.4 Å². The molecule has 3 heterocycles. The van der Waals surface area contributed by atoms with Gasteiger partial charge in [0.1, 0.15) is 0 Å².